The van der Waals surface area contributed by atoms with Gasteiger partial charge in [0.15, 0.2) is 6.61 Å². The summed E-state index contributed by atoms with van der Waals surface area (Å²) in [7, 11) is 0. The summed E-state index contributed by atoms with van der Waals surface area (Å²) in [5.41, 5.74) is 2.78. The molecule has 1 aromatic carbocycles. The summed E-state index contributed by atoms with van der Waals surface area (Å²) >= 11 is 0. The van der Waals surface area contributed by atoms with Crippen molar-refractivity contribution in [1.82, 2.24) is 9.97 Å². The number of para-hydroxylation sites is 1. The Balaban J connectivity index is 1.70. The number of ether oxygens (including phenoxy) is 1. The highest BCUT2D eigenvalue weighted by Crippen LogP contribution is 2.19. The Bertz CT molecular complexity index is 954. The molecule has 0 saturated heterocycles. The Hall–Kier alpha value is -3.28. The quantitative estimate of drug-likeness (QED) is 0.741. The average molecular weight is 335 g/mol. The number of aromatic nitrogens is 2. The summed E-state index contributed by atoms with van der Waals surface area (Å²) in [5, 5.41) is 3.29. The van der Waals surface area contributed by atoms with Crippen molar-refractivity contribution in [2.24, 2.45) is 0 Å². The molecule has 0 spiro atoms. The first-order valence-corrected chi connectivity index (χ1v) is 7.79. The van der Waals surface area contributed by atoms with Crippen LogP contribution in [0.3, 0.4) is 0 Å². The van der Waals surface area contributed by atoms with Gasteiger partial charge in [-0.2, -0.15) is 0 Å². The number of nitrogens with zero attached hydrogens (tertiary/aromatic N) is 2. The monoisotopic (exact) mass is 335 g/mol. The van der Waals surface area contributed by atoms with Gasteiger partial charge in [-0.3, -0.25) is 9.78 Å². The third-order valence-electron chi connectivity index (χ3n) is 3.58. The lowest BCUT2D eigenvalue weighted by Crippen LogP contribution is -2.21. The molecule has 1 N–H and O–H groups in total. The third kappa shape index (κ3) is 3.98. The van der Waals surface area contributed by atoms with Gasteiger partial charge in [0, 0.05) is 17.3 Å². The van der Waals surface area contributed by atoms with Crippen LogP contribution in [0.25, 0.3) is 10.9 Å². The maximum atomic E-state index is 12.4. The van der Waals surface area contributed by atoms with Crippen LogP contribution in [-0.2, 0) is 9.53 Å². The van der Waals surface area contributed by atoms with E-state index >= 15 is 0 Å². The van der Waals surface area contributed by atoms with E-state index in [1.807, 2.05) is 31.2 Å². The Morgan fingerprint density at radius 1 is 1.12 bits per heavy atom. The van der Waals surface area contributed by atoms with Crippen molar-refractivity contribution in [1.29, 1.82) is 0 Å². The molecule has 6 nitrogen and oxygen atoms in total. The van der Waals surface area contributed by atoms with Crippen LogP contribution < -0.4 is 5.32 Å². The zero-order valence-electron chi connectivity index (χ0n) is 13.9. The van der Waals surface area contributed by atoms with E-state index < -0.39 is 11.9 Å². The van der Waals surface area contributed by atoms with Gasteiger partial charge in [0.05, 0.1) is 11.1 Å². The van der Waals surface area contributed by atoms with Crippen molar-refractivity contribution < 1.29 is 14.3 Å². The van der Waals surface area contributed by atoms with Crippen molar-refractivity contribution in [3.8, 4) is 0 Å². The predicted octanol–water partition coefficient (Wildman–Crippen LogP) is 3.04. The SMILES string of the molecule is Cc1ccnc(NC(=O)COC(=O)c2cc(C)nc3ccccc23)c1. The highest BCUT2D eigenvalue weighted by Gasteiger charge is 2.15. The first-order chi connectivity index (χ1) is 12.0. The number of fused-ring (bicyclic) bond motifs is 1. The molecule has 0 fully saturated rings. The van der Waals surface area contributed by atoms with Crippen molar-refractivity contribution in [2.75, 3.05) is 11.9 Å². The van der Waals surface area contributed by atoms with Crippen LogP contribution in [0.1, 0.15) is 21.6 Å². The highest BCUT2D eigenvalue weighted by molar-refractivity contribution is 6.04. The van der Waals surface area contributed by atoms with Gasteiger partial charge >= 0.3 is 5.97 Å². The molecular weight excluding hydrogens is 318 g/mol. The van der Waals surface area contributed by atoms with Crippen molar-refractivity contribution >= 4 is 28.6 Å². The molecule has 6 heteroatoms. The van der Waals surface area contributed by atoms with Gasteiger partial charge in [-0.05, 0) is 43.7 Å². The molecule has 0 aliphatic heterocycles. The second-order valence-electron chi connectivity index (χ2n) is 5.67. The molecule has 0 radical (unpaired) electrons. The molecule has 1 amide bonds. The van der Waals surface area contributed by atoms with Crippen LogP contribution in [0.2, 0.25) is 0 Å². The molecule has 0 aliphatic rings. The van der Waals surface area contributed by atoms with Gasteiger partial charge in [-0.15, -0.1) is 0 Å². The molecular formula is C19H17N3O3. The number of rotatable bonds is 4. The number of anilines is 1. The molecule has 0 aliphatic carbocycles. The number of hydrogen-bond donors (Lipinski definition) is 1. The maximum Gasteiger partial charge on any atom is 0.339 e. The van der Waals surface area contributed by atoms with Crippen LogP contribution in [0, 0.1) is 13.8 Å². The Labute approximate surface area is 144 Å². The molecule has 0 atom stereocenters. The van der Waals surface area contributed by atoms with Crippen LogP contribution in [-0.4, -0.2) is 28.5 Å². The van der Waals surface area contributed by atoms with E-state index in [1.165, 1.54) is 0 Å². The number of nitrogens with one attached hydrogen (secondary N) is 1. The van der Waals surface area contributed by atoms with Crippen LogP contribution in [0.4, 0.5) is 5.82 Å². The number of esters is 1. The van der Waals surface area contributed by atoms with Gasteiger partial charge < -0.3 is 10.1 Å². The van der Waals surface area contributed by atoms with Gasteiger partial charge in [0.1, 0.15) is 5.82 Å². The summed E-state index contributed by atoms with van der Waals surface area (Å²) in [6, 6.07) is 12.5. The minimum atomic E-state index is -0.561. The topological polar surface area (TPSA) is 81.2 Å². The fourth-order valence-corrected chi connectivity index (χ4v) is 2.47. The van der Waals surface area contributed by atoms with E-state index in [9.17, 15) is 9.59 Å². The van der Waals surface area contributed by atoms with Crippen LogP contribution in [0.15, 0.2) is 48.7 Å². The van der Waals surface area contributed by atoms with Crippen LogP contribution >= 0.6 is 0 Å². The number of hydrogen-bond acceptors (Lipinski definition) is 5. The Morgan fingerprint density at radius 2 is 1.92 bits per heavy atom. The molecule has 0 unspecified atom stereocenters. The molecule has 0 bridgehead atoms. The molecule has 126 valence electrons. The minimum Gasteiger partial charge on any atom is -0.452 e. The number of carbonyl (C=O) groups excluding carboxylic acids is 2. The largest absolute Gasteiger partial charge is 0.452 e. The fraction of sp³-hybridized carbons (Fsp3) is 0.158. The van der Waals surface area contributed by atoms with Crippen molar-refractivity contribution in [2.45, 2.75) is 13.8 Å². The summed E-state index contributed by atoms with van der Waals surface area (Å²) in [5.74, 6) is -0.582. The smallest absolute Gasteiger partial charge is 0.339 e. The minimum absolute atomic E-state index is 0.385. The van der Waals surface area contributed by atoms with E-state index in [-0.39, 0.29) is 6.61 Å². The Kier molecular flexibility index (Phi) is 4.70. The summed E-state index contributed by atoms with van der Waals surface area (Å²) in [6.45, 7) is 3.32. The predicted molar refractivity (Wildman–Crippen MR) is 94.4 cm³/mol. The van der Waals surface area contributed by atoms with Gasteiger partial charge in [0.25, 0.3) is 5.91 Å². The first-order valence-electron chi connectivity index (χ1n) is 7.79. The van der Waals surface area contributed by atoms with E-state index in [0.29, 0.717) is 28.0 Å². The molecule has 2 aromatic heterocycles. The fourth-order valence-electron chi connectivity index (χ4n) is 2.47. The normalized spacial score (nSPS) is 10.5. The van der Waals surface area contributed by atoms with Gasteiger partial charge in [-0.25, -0.2) is 9.78 Å². The highest BCUT2D eigenvalue weighted by atomic mass is 16.5. The lowest BCUT2D eigenvalue weighted by molar-refractivity contribution is -0.119. The zero-order chi connectivity index (χ0) is 17.8. The lowest BCUT2D eigenvalue weighted by Gasteiger charge is -2.09. The lowest BCUT2D eigenvalue weighted by atomic mass is 10.1. The Morgan fingerprint density at radius 3 is 2.72 bits per heavy atom. The average Bonchev–Trinajstić information content (AvgIpc) is 2.59. The van der Waals surface area contributed by atoms with Crippen molar-refractivity contribution in [3.63, 3.8) is 0 Å². The second-order valence-corrected chi connectivity index (χ2v) is 5.67. The van der Waals surface area contributed by atoms with E-state index in [0.717, 1.165) is 5.56 Å². The maximum absolute atomic E-state index is 12.4. The van der Waals surface area contributed by atoms with E-state index in [1.54, 1.807) is 31.3 Å². The summed E-state index contributed by atoms with van der Waals surface area (Å²) in [6.07, 6.45) is 1.60. The first kappa shape index (κ1) is 16.6. The summed E-state index contributed by atoms with van der Waals surface area (Å²) < 4.78 is 5.15. The van der Waals surface area contributed by atoms with Gasteiger partial charge in [0.2, 0.25) is 0 Å². The molecule has 25 heavy (non-hydrogen) atoms. The van der Waals surface area contributed by atoms with E-state index in [2.05, 4.69) is 15.3 Å². The zero-order valence-corrected chi connectivity index (χ0v) is 13.9. The molecule has 3 rings (SSSR count). The number of amides is 1. The number of benzene rings is 1. The van der Waals surface area contributed by atoms with Gasteiger partial charge in [-0.1, -0.05) is 18.2 Å². The number of pyridine rings is 2. The second kappa shape index (κ2) is 7.09. The molecule has 0 saturated carbocycles. The number of carbonyl (C=O) groups is 2. The standard InChI is InChI=1S/C19H17N3O3/c1-12-7-8-20-17(9-12)22-18(23)11-25-19(24)15-10-13(2)21-16-6-4-3-5-14(15)16/h3-10H,11H2,1-2H3,(H,20,22,23). The van der Waals surface area contributed by atoms with Crippen molar-refractivity contribution in [3.05, 3.63) is 65.5 Å². The molecule has 2 heterocycles. The van der Waals surface area contributed by atoms with E-state index in [4.69, 9.17) is 4.74 Å². The third-order valence-corrected chi connectivity index (χ3v) is 3.58. The number of aryl methyl sites for hydroxylation is 2. The molecule has 3 aromatic rings. The summed E-state index contributed by atoms with van der Waals surface area (Å²) in [4.78, 5) is 32.7. The van der Waals surface area contributed by atoms with Crippen LogP contribution in [0.5, 0.6) is 0 Å².